The fourth-order valence-corrected chi connectivity index (χ4v) is 0. The first-order chi connectivity index (χ1) is 0. The Balaban J connectivity index is 0. The molecule has 0 aromatic rings. The molecule has 0 saturated heterocycles. The Morgan fingerprint density at radius 3 is 0.750 bits per heavy atom. The van der Waals surface area contributed by atoms with Crippen LogP contribution in [0.15, 0.2) is 0 Å². The summed E-state index contributed by atoms with van der Waals surface area (Å²) in [7, 11) is 0. The number of hydrogen-bond donors (Lipinski definition) is 0. The van der Waals surface area contributed by atoms with E-state index in [-0.39, 0.29) is 79.0 Å². The summed E-state index contributed by atoms with van der Waals surface area (Å²) < 4.78 is 0. The molecular formula is CaCl2Ni. The average Bonchev–Trinajstić information content (AvgIpc) is 0. The van der Waals surface area contributed by atoms with E-state index in [9.17, 15) is 0 Å². The Bertz CT molecular complexity index is 6.00. The molecule has 0 atom stereocenters. The van der Waals surface area contributed by atoms with E-state index in [1.54, 1.807) is 0 Å². The first-order valence-corrected chi connectivity index (χ1v) is 0. The van der Waals surface area contributed by atoms with Crippen molar-refractivity contribution in [2.24, 2.45) is 0 Å². The van der Waals surface area contributed by atoms with Gasteiger partial charge in [0, 0.05) is 16.5 Å². The zero-order valence-corrected chi connectivity index (χ0v) is 6.49. The van der Waals surface area contributed by atoms with Crippen molar-refractivity contribution in [2.75, 3.05) is 0 Å². The molecule has 0 N–H and O–H groups in total. The van der Waals surface area contributed by atoms with Crippen molar-refractivity contribution in [3.05, 3.63) is 0 Å². The summed E-state index contributed by atoms with van der Waals surface area (Å²) in [4.78, 5) is 0. The summed E-state index contributed by atoms with van der Waals surface area (Å²) >= 11 is 0. The van der Waals surface area contributed by atoms with Crippen molar-refractivity contribution in [3.63, 3.8) is 0 Å². The predicted molar refractivity (Wildman–Crippen MR) is 5.75 cm³/mol. The predicted octanol–water partition coefficient (Wildman–Crippen LogP) is -6.38. The Labute approximate surface area is 77.8 Å². The molecule has 0 aliphatic carbocycles. The summed E-state index contributed by atoms with van der Waals surface area (Å²) in [5, 5.41) is 0. The summed E-state index contributed by atoms with van der Waals surface area (Å²) in [5.41, 5.74) is 0. The zero-order chi connectivity index (χ0) is 0. The summed E-state index contributed by atoms with van der Waals surface area (Å²) in [5.74, 6) is 0. The zero-order valence-electron chi connectivity index (χ0n) is 1.78. The molecule has 0 spiro atoms. The van der Waals surface area contributed by atoms with Crippen LogP contribution in [0.3, 0.4) is 0 Å². The average molecular weight is 170 g/mol. The summed E-state index contributed by atoms with van der Waals surface area (Å²) in [6, 6.07) is 0. The van der Waals surface area contributed by atoms with Crippen LogP contribution < -0.4 is 24.8 Å². The second-order valence-electron chi connectivity index (χ2n) is 0. The molecule has 0 rings (SSSR count). The summed E-state index contributed by atoms with van der Waals surface area (Å²) in [6.07, 6.45) is 0. The molecule has 26 valence electrons. The minimum Gasteiger partial charge on any atom is -1.00 e. The van der Waals surface area contributed by atoms with E-state index in [0.717, 1.165) is 0 Å². The van der Waals surface area contributed by atoms with Crippen LogP contribution in [0, 0.1) is 0 Å². The van der Waals surface area contributed by atoms with Crippen LogP contribution in [-0.2, 0) is 16.5 Å². The van der Waals surface area contributed by atoms with Gasteiger partial charge < -0.3 is 24.8 Å². The molecule has 0 aliphatic rings. The maximum Gasteiger partial charge on any atom is 2.00 e. The first kappa shape index (κ1) is 33.1. The third kappa shape index (κ3) is 8.84. The van der Waals surface area contributed by atoms with Gasteiger partial charge in [0.25, 0.3) is 0 Å². The van der Waals surface area contributed by atoms with Gasteiger partial charge >= 0.3 is 37.7 Å². The van der Waals surface area contributed by atoms with Gasteiger partial charge in [-0.05, 0) is 0 Å². The first-order valence-electron chi connectivity index (χ1n) is 0. The molecule has 0 aromatic carbocycles. The van der Waals surface area contributed by atoms with Crippen molar-refractivity contribution in [1.29, 1.82) is 0 Å². The van der Waals surface area contributed by atoms with Gasteiger partial charge in [-0.3, -0.25) is 0 Å². The monoisotopic (exact) mass is 168 g/mol. The molecule has 0 heterocycles. The molecular weight excluding hydrogens is 170 g/mol. The van der Waals surface area contributed by atoms with E-state index in [0.29, 0.717) is 0 Å². The van der Waals surface area contributed by atoms with Crippen LogP contribution in [0.2, 0.25) is 0 Å². The Morgan fingerprint density at radius 1 is 0.750 bits per heavy atom. The molecule has 0 aromatic heterocycles. The number of halogens is 2. The number of hydrogen-bond acceptors (Lipinski definition) is 0. The third-order valence-corrected chi connectivity index (χ3v) is 0. The summed E-state index contributed by atoms with van der Waals surface area (Å²) in [6.45, 7) is 0. The van der Waals surface area contributed by atoms with Crippen LogP contribution >= 0.6 is 0 Å². The minimum absolute atomic E-state index is 0. The van der Waals surface area contributed by atoms with Gasteiger partial charge in [-0.2, -0.15) is 0 Å². The van der Waals surface area contributed by atoms with E-state index in [1.165, 1.54) is 0 Å². The molecule has 0 saturated carbocycles. The van der Waals surface area contributed by atoms with Crippen LogP contribution in [0.5, 0.6) is 0 Å². The second kappa shape index (κ2) is 18.4. The topological polar surface area (TPSA) is 0 Å². The smallest absolute Gasteiger partial charge is 1.00 e. The van der Waals surface area contributed by atoms with Gasteiger partial charge in [-0.25, -0.2) is 0 Å². The van der Waals surface area contributed by atoms with Gasteiger partial charge in [0.05, 0.1) is 0 Å². The SMILES string of the molecule is [Ca+2].[Cl-].[Cl-].[Ni]. The van der Waals surface area contributed by atoms with Crippen LogP contribution in [0.4, 0.5) is 0 Å². The van der Waals surface area contributed by atoms with E-state index in [4.69, 9.17) is 0 Å². The van der Waals surface area contributed by atoms with Crippen molar-refractivity contribution in [3.8, 4) is 0 Å². The molecule has 0 bridgehead atoms. The van der Waals surface area contributed by atoms with Gasteiger partial charge in [0.2, 0.25) is 0 Å². The van der Waals surface area contributed by atoms with Crippen molar-refractivity contribution < 1.29 is 41.3 Å². The Kier molecular flexibility index (Phi) is 152. The molecule has 4 heavy (non-hydrogen) atoms. The van der Waals surface area contributed by atoms with E-state index in [2.05, 4.69) is 0 Å². The normalized spacial score (nSPS) is 0. The molecule has 0 nitrogen and oxygen atoms in total. The fourth-order valence-electron chi connectivity index (χ4n) is 0. The van der Waals surface area contributed by atoms with Crippen molar-refractivity contribution in [2.45, 2.75) is 0 Å². The van der Waals surface area contributed by atoms with Gasteiger partial charge in [0.1, 0.15) is 0 Å². The maximum atomic E-state index is 0. The van der Waals surface area contributed by atoms with Crippen LogP contribution in [-0.4, -0.2) is 37.7 Å². The number of rotatable bonds is 0. The van der Waals surface area contributed by atoms with E-state index < -0.39 is 0 Å². The van der Waals surface area contributed by atoms with Gasteiger partial charge in [-0.15, -0.1) is 0 Å². The van der Waals surface area contributed by atoms with Gasteiger partial charge in [0.15, 0.2) is 0 Å². The van der Waals surface area contributed by atoms with Crippen molar-refractivity contribution >= 4 is 37.7 Å². The van der Waals surface area contributed by atoms with Gasteiger partial charge in [-0.1, -0.05) is 0 Å². The largest absolute Gasteiger partial charge is 2.00 e. The molecule has 0 aliphatic heterocycles. The minimum atomic E-state index is 0. The third-order valence-electron chi connectivity index (χ3n) is 0. The van der Waals surface area contributed by atoms with Crippen LogP contribution in [0.25, 0.3) is 0 Å². The fraction of sp³-hybridized carbons (Fsp3) is 0. The Morgan fingerprint density at radius 2 is 0.750 bits per heavy atom. The van der Waals surface area contributed by atoms with E-state index >= 15 is 0 Å². The maximum absolute atomic E-state index is 0. The Hall–Kier alpha value is 2.33. The van der Waals surface area contributed by atoms with Crippen LogP contribution in [0.1, 0.15) is 0 Å². The van der Waals surface area contributed by atoms with E-state index in [1.807, 2.05) is 0 Å². The quantitative estimate of drug-likeness (QED) is 0.317. The molecule has 0 amide bonds. The molecule has 0 unspecified atom stereocenters. The standard InChI is InChI=1S/Ca.2ClH.Ni/h;2*1H;/q+2;;;/p-2. The second-order valence-corrected chi connectivity index (χ2v) is 0. The molecule has 0 radical (unpaired) electrons. The molecule has 0 fully saturated rings. The van der Waals surface area contributed by atoms with Crippen molar-refractivity contribution in [1.82, 2.24) is 0 Å². The molecule has 4 heteroatoms.